The van der Waals surface area contributed by atoms with E-state index in [2.05, 4.69) is 11.5 Å². The van der Waals surface area contributed by atoms with Crippen molar-refractivity contribution >= 4 is 0 Å². The molecule has 0 aromatic heterocycles. The minimum atomic E-state index is -0.811. The first-order valence-electron chi connectivity index (χ1n) is 2.60. The largest absolute Gasteiger partial charge is 0.499 e. The molecule has 0 aliphatic heterocycles. The zero-order valence-corrected chi connectivity index (χ0v) is 5.97. The summed E-state index contributed by atoms with van der Waals surface area (Å²) in [5.74, 6) is 0.394. The topological polar surface area (TPSA) is 38.7 Å². The summed E-state index contributed by atoms with van der Waals surface area (Å²) in [7, 11) is 1.48. The summed E-state index contributed by atoms with van der Waals surface area (Å²) in [6.07, 6.45) is 0. The highest BCUT2D eigenvalue weighted by Crippen LogP contribution is 2.17. The lowest BCUT2D eigenvalue weighted by Crippen LogP contribution is -2.25. The molecule has 1 N–H and O–H groups in total. The lowest BCUT2D eigenvalue weighted by atomic mass is 10.1. The highest BCUT2D eigenvalue weighted by atomic mass is 17.1. The summed E-state index contributed by atoms with van der Waals surface area (Å²) >= 11 is 0. The van der Waals surface area contributed by atoms with Crippen LogP contribution in [0.25, 0.3) is 0 Å². The van der Waals surface area contributed by atoms with Crippen LogP contribution >= 0.6 is 0 Å². The van der Waals surface area contributed by atoms with Crippen molar-refractivity contribution in [3.8, 4) is 0 Å². The number of ether oxygens (including phenoxy) is 1. The van der Waals surface area contributed by atoms with Gasteiger partial charge in [0.05, 0.1) is 7.11 Å². The van der Waals surface area contributed by atoms with Crippen LogP contribution in [0.4, 0.5) is 0 Å². The van der Waals surface area contributed by atoms with Gasteiger partial charge in [-0.05, 0) is 13.8 Å². The van der Waals surface area contributed by atoms with E-state index in [-0.39, 0.29) is 0 Å². The van der Waals surface area contributed by atoms with Crippen LogP contribution in [-0.2, 0) is 9.62 Å². The molecule has 0 amide bonds. The minimum absolute atomic E-state index is 0.394. The predicted molar refractivity (Wildman–Crippen MR) is 33.9 cm³/mol. The smallest absolute Gasteiger partial charge is 0.154 e. The van der Waals surface area contributed by atoms with Crippen LogP contribution in [0, 0.1) is 0 Å². The fraction of sp³-hybridized carbons (Fsp3) is 0.667. The third-order valence-electron chi connectivity index (χ3n) is 1.15. The second kappa shape index (κ2) is 2.85. The molecule has 0 spiro atoms. The zero-order chi connectivity index (χ0) is 7.49. The lowest BCUT2D eigenvalue weighted by molar-refractivity contribution is -0.307. The van der Waals surface area contributed by atoms with E-state index in [9.17, 15) is 0 Å². The van der Waals surface area contributed by atoms with E-state index < -0.39 is 5.60 Å². The summed E-state index contributed by atoms with van der Waals surface area (Å²) in [6, 6.07) is 0. The van der Waals surface area contributed by atoms with Gasteiger partial charge >= 0.3 is 0 Å². The van der Waals surface area contributed by atoms with Gasteiger partial charge in [0, 0.05) is 0 Å². The molecule has 0 unspecified atom stereocenters. The average molecular weight is 132 g/mol. The Hall–Kier alpha value is -0.540. The Labute approximate surface area is 54.8 Å². The maximum Gasteiger partial charge on any atom is 0.154 e. The van der Waals surface area contributed by atoms with Crippen LogP contribution in [0.3, 0.4) is 0 Å². The van der Waals surface area contributed by atoms with E-state index in [4.69, 9.17) is 9.99 Å². The molecular weight excluding hydrogens is 120 g/mol. The van der Waals surface area contributed by atoms with Gasteiger partial charge in [0.2, 0.25) is 0 Å². The van der Waals surface area contributed by atoms with Crippen LogP contribution in [0.2, 0.25) is 0 Å². The van der Waals surface area contributed by atoms with Crippen LogP contribution in [-0.4, -0.2) is 18.0 Å². The lowest BCUT2D eigenvalue weighted by Gasteiger charge is -2.21. The SMILES string of the molecule is C=C(OC)C(C)(C)OO. The maximum atomic E-state index is 8.25. The Morgan fingerprint density at radius 2 is 2.00 bits per heavy atom. The van der Waals surface area contributed by atoms with Crippen molar-refractivity contribution in [1.82, 2.24) is 0 Å². The molecule has 0 atom stereocenters. The van der Waals surface area contributed by atoms with Gasteiger partial charge < -0.3 is 4.74 Å². The highest BCUT2D eigenvalue weighted by Gasteiger charge is 2.23. The normalized spacial score (nSPS) is 11.1. The Bertz CT molecular complexity index is 107. The zero-order valence-electron chi connectivity index (χ0n) is 5.97. The monoisotopic (exact) mass is 132 g/mol. The summed E-state index contributed by atoms with van der Waals surface area (Å²) in [4.78, 5) is 4.07. The molecule has 0 saturated heterocycles. The van der Waals surface area contributed by atoms with Gasteiger partial charge in [-0.15, -0.1) is 0 Å². The molecule has 9 heavy (non-hydrogen) atoms. The van der Waals surface area contributed by atoms with Crippen molar-refractivity contribution in [1.29, 1.82) is 0 Å². The van der Waals surface area contributed by atoms with E-state index in [1.165, 1.54) is 7.11 Å². The van der Waals surface area contributed by atoms with Gasteiger partial charge in [0.15, 0.2) is 5.60 Å². The molecule has 0 rings (SSSR count). The molecule has 0 saturated carbocycles. The highest BCUT2D eigenvalue weighted by molar-refractivity contribution is 4.99. The van der Waals surface area contributed by atoms with E-state index in [0.717, 1.165) is 0 Å². The molecule has 0 radical (unpaired) electrons. The molecule has 54 valence electrons. The van der Waals surface area contributed by atoms with Gasteiger partial charge in [-0.1, -0.05) is 6.58 Å². The Kier molecular flexibility index (Phi) is 2.67. The first-order chi connectivity index (χ1) is 4.04. The first-order valence-corrected chi connectivity index (χ1v) is 2.60. The van der Waals surface area contributed by atoms with Crippen LogP contribution in [0.1, 0.15) is 13.8 Å². The van der Waals surface area contributed by atoms with Crippen molar-refractivity contribution in [3.63, 3.8) is 0 Å². The molecule has 0 aromatic rings. The number of methoxy groups -OCH3 is 1. The van der Waals surface area contributed by atoms with Gasteiger partial charge in [-0.3, -0.25) is 5.26 Å². The van der Waals surface area contributed by atoms with Gasteiger partial charge in [0.25, 0.3) is 0 Å². The Morgan fingerprint density at radius 3 is 2.11 bits per heavy atom. The van der Waals surface area contributed by atoms with Crippen LogP contribution in [0.5, 0.6) is 0 Å². The molecule has 3 heteroatoms. The fourth-order valence-electron chi connectivity index (χ4n) is 0.297. The van der Waals surface area contributed by atoms with E-state index in [1.807, 2.05) is 0 Å². The second-order valence-corrected chi connectivity index (χ2v) is 2.23. The number of hydrogen-bond acceptors (Lipinski definition) is 3. The molecule has 0 aromatic carbocycles. The third-order valence-corrected chi connectivity index (χ3v) is 1.15. The van der Waals surface area contributed by atoms with Crippen molar-refractivity contribution < 1.29 is 14.9 Å². The third kappa shape index (κ3) is 2.03. The molecule has 0 fully saturated rings. The number of rotatable bonds is 3. The fourth-order valence-corrected chi connectivity index (χ4v) is 0.297. The second-order valence-electron chi connectivity index (χ2n) is 2.23. The minimum Gasteiger partial charge on any atom is -0.499 e. The van der Waals surface area contributed by atoms with Crippen molar-refractivity contribution in [3.05, 3.63) is 12.3 Å². The first kappa shape index (κ1) is 8.46. The Morgan fingerprint density at radius 1 is 1.56 bits per heavy atom. The van der Waals surface area contributed by atoms with Crippen LogP contribution in [0.15, 0.2) is 12.3 Å². The van der Waals surface area contributed by atoms with Gasteiger partial charge in [-0.25, -0.2) is 4.89 Å². The predicted octanol–water partition coefficient (Wildman–Crippen LogP) is 1.41. The molecular formula is C6H12O3. The van der Waals surface area contributed by atoms with E-state index in [1.54, 1.807) is 13.8 Å². The van der Waals surface area contributed by atoms with Crippen LogP contribution < -0.4 is 0 Å². The summed E-state index contributed by atoms with van der Waals surface area (Å²) in [5.41, 5.74) is -0.811. The summed E-state index contributed by atoms with van der Waals surface area (Å²) < 4.78 is 4.73. The summed E-state index contributed by atoms with van der Waals surface area (Å²) in [6.45, 7) is 6.81. The number of hydrogen-bond donors (Lipinski definition) is 1. The van der Waals surface area contributed by atoms with Gasteiger partial charge in [0.1, 0.15) is 5.76 Å². The van der Waals surface area contributed by atoms with E-state index in [0.29, 0.717) is 5.76 Å². The molecule has 0 bridgehead atoms. The average Bonchev–Trinajstić information content (AvgIpc) is 1.86. The molecule has 0 aliphatic carbocycles. The van der Waals surface area contributed by atoms with Crippen molar-refractivity contribution in [2.45, 2.75) is 19.4 Å². The molecule has 0 heterocycles. The molecule has 0 aliphatic rings. The molecule has 3 nitrogen and oxygen atoms in total. The Balaban J connectivity index is 3.97. The quantitative estimate of drug-likeness (QED) is 0.358. The van der Waals surface area contributed by atoms with Gasteiger partial charge in [-0.2, -0.15) is 0 Å². The van der Waals surface area contributed by atoms with Crippen molar-refractivity contribution in [2.75, 3.05) is 7.11 Å². The maximum absolute atomic E-state index is 8.25. The summed E-state index contributed by atoms with van der Waals surface area (Å²) in [5, 5.41) is 8.25. The van der Waals surface area contributed by atoms with Crippen molar-refractivity contribution in [2.24, 2.45) is 0 Å². The standard InChI is InChI=1S/C6H12O3/c1-5(8-4)6(2,3)9-7/h7H,1H2,2-4H3. The van der Waals surface area contributed by atoms with E-state index >= 15 is 0 Å².